The predicted molar refractivity (Wildman–Crippen MR) is 117 cm³/mol. The number of nitrogens with one attached hydrogen (secondary N) is 1. The number of carbonyl (C=O) groups excluding carboxylic acids is 3. The Morgan fingerprint density at radius 2 is 1.94 bits per heavy atom. The van der Waals surface area contributed by atoms with Crippen molar-refractivity contribution in [1.82, 2.24) is 15.3 Å². The van der Waals surface area contributed by atoms with E-state index in [1.165, 1.54) is 14.0 Å². The van der Waals surface area contributed by atoms with E-state index >= 15 is 0 Å². The number of aromatic nitrogens is 2. The van der Waals surface area contributed by atoms with Crippen LogP contribution in [0.2, 0.25) is 0 Å². The molecule has 1 unspecified atom stereocenters. The first-order valence-corrected chi connectivity index (χ1v) is 11.1. The van der Waals surface area contributed by atoms with Gasteiger partial charge in [-0.1, -0.05) is 0 Å². The highest BCUT2D eigenvalue weighted by Crippen LogP contribution is 2.33. The first-order chi connectivity index (χ1) is 15.7. The molecule has 0 bridgehead atoms. The maximum Gasteiger partial charge on any atom is 0.293 e. The van der Waals surface area contributed by atoms with Crippen LogP contribution < -0.4 is 10.2 Å². The summed E-state index contributed by atoms with van der Waals surface area (Å²) in [4.78, 5) is 43.5. The van der Waals surface area contributed by atoms with Gasteiger partial charge in [-0.25, -0.2) is 4.98 Å². The molecular weight excluding hydrogens is 458 g/mol. The highest BCUT2D eigenvalue weighted by atomic mass is 32.1. The number of carbonyl (C=O) groups is 3. The summed E-state index contributed by atoms with van der Waals surface area (Å²) in [5.74, 6) is -3.06. The van der Waals surface area contributed by atoms with Gasteiger partial charge in [-0.05, 0) is 40.0 Å². The number of thiazole rings is 1. The number of anilines is 2. The molecule has 3 rings (SSSR count). The second kappa shape index (κ2) is 12.3. The number of pyridine rings is 1. The van der Waals surface area contributed by atoms with E-state index in [2.05, 4.69) is 20.0 Å². The van der Waals surface area contributed by atoms with Gasteiger partial charge in [0.05, 0.1) is 12.3 Å². The van der Waals surface area contributed by atoms with E-state index in [4.69, 9.17) is 4.74 Å². The first-order valence-electron chi connectivity index (χ1n) is 10.2. The number of methoxy groups -OCH3 is 1. The van der Waals surface area contributed by atoms with Crippen molar-refractivity contribution in [3.8, 4) is 0 Å². The third kappa shape index (κ3) is 6.99. The molecule has 0 spiro atoms. The fourth-order valence-corrected chi connectivity index (χ4v) is 3.69. The van der Waals surface area contributed by atoms with E-state index in [1.54, 1.807) is 13.8 Å². The Kier molecular flexibility index (Phi) is 9.79. The number of hydrogen-bond donors (Lipinski definition) is 1. The van der Waals surface area contributed by atoms with Crippen LogP contribution in [-0.4, -0.2) is 54.1 Å². The standard InChI is InChI=1S/C18H20F2N4O3S.C3H6O2/c1-9(27-3)17(26)24(12-7-13(19)22-14(20)8-12)18-23-15(10(2)28-18)16(25)21-11-5-4-6-11;1-2-5-3-4/h7-9,11H,4-6H2,1-3H3,(H,21,25);3H,2H2,1H3. The molecule has 2 aromatic rings. The van der Waals surface area contributed by atoms with Gasteiger partial charge in [0.1, 0.15) is 11.8 Å². The molecule has 1 aliphatic rings. The molecule has 2 heterocycles. The number of rotatable bonds is 8. The minimum absolute atomic E-state index is 0.0846. The summed E-state index contributed by atoms with van der Waals surface area (Å²) in [7, 11) is 1.35. The largest absolute Gasteiger partial charge is 0.468 e. The number of ether oxygens (including phenoxy) is 2. The lowest BCUT2D eigenvalue weighted by Gasteiger charge is -2.26. The SMILES string of the molecule is CCOC=O.COC(C)C(=O)N(c1cc(F)nc(F)c1)c1nc(C(=O)NC2CCC2)c(C)s1. The van der Waals surface area contributed by atoms with E-state index < -0.39 is 23.9 Å². The Labute approximate surface area is 194 Å². The van der Waals surface area contributed by atoms with Crippen LogP contribution in [-0.2, 0) is 19.1 Å². The summed E-state index contributed by atoms with van der Waals surface area (Å²) < 4.78 is 36.5. The summed E-state index contributed by atoms with van der Waals surface area (Å²) in [6.07, 6.45) is 2.03. The van der Waals surface area contributed by atoms with Gasteiger partial charge in [-0.3, -0.25) is 19.3 Å². The number of nitrogens with zero attached hydrogens (tertiary/aromatic N) is 3. The Morgan fingerprint density at radius 3 is 2.39 bits per heavy atom. The normalized spacial score (nSPS) is 13.8. The van der Waals surface area contributed by atoms with Gasteiger partial charge in [-0.15, -0.1) is 11.3 Å². The summed E-state index contributed by atoms with van der Waals surface area (Å²) >= 11 is 1.08. The minimum atomic E-state index is -1.07. The summed E-state index contributed by atoms with van der Waals surface area (Å²) in [6.45, 7) is 5.87. The lowest BCUT2D eigenvalue weighted by Crippen LogP contribution is -2.40. The molecule has 2 aromatic heterocycles. The number of halogens is 2. The van der Waals surface area contributed by atoms with Crippen molar-refractivity contribution in [3.63, 3.8) is 0 Å². The van der Waals surface area contributed by atoms with E-state index in [0.717, 1.165) is 47.6 Å². The third-order valence-electron chi connectivity index (χ3n) is 4.79. The quantitative estimate of drug-likeness (QED) is 0.452. The minimum Gasteiger partial charge on any atom is -0.468 e. The first kappa shape index (κ1) is 26.3. The van der Waals surface area contributed by atoms with Crippen LogP contribution in [0.25, 0.3) is 0 Å². The highest BCUT2D eigenvalue weighted by molar-refractivity contribution is 7.16. The van der Waals surface area contributed by atoms with Gasteiger partial charge >= 0.3 is 0 Å². The van der Waals surface area contributed by atoms with Crippen LogP contribution in [0.4, 0.5) is 19.6 Å². The van der Waals surface area contributed by atoms with Crippen molar-refractivity contribution in [2.75, 3.05) is 18.6 Å². The van der Waals surface area contributed by atoms with E-state index in [9.17, 15) is 23.2 Å². The van der Waals surface area contributed by atoms with Crippen molar-refractivity contribution in [1.29, 1.82) is 0 Å². The average Bonchev–Trinajstić information content (AvgIpc) is 3.11. The maximum atomic E-state index is 13.7. The zero-order valence-corrected chi connectivity index (χ0v) is 19.6. The second-order valence-electron chi connectivity index (χ2n) is 7.08. The zero-order chi connectivity index (χ0) is 24.5. The van der Waals surface area contributed by atoms with Crippen LogP contribution in [0.3, 0.4) is 0 Å². The summed E-state index contributed by atoms with van der Waals surface area (Å²) in [5, 5.41) is 3.01. The summed E-state index contributed by atoms with van der Waals surface area (Å²) in [5.41, 5.74) is 0.100. The maximum absolute atomic E-state index is 13.7. The smallest absolute Gasteiger partial charge is 0.293 e. The van der Waals surface area contributed by atoms with Crippen molar-refractivity contribution in [3.05, 3.63) is 34.6 Å². The van der Waals surface area contributed by atoms with Crippen molar-refractivity contribution < 1.29 is 32.6 Å². The van der Waals surface area contributed by atoms with Gasteiger partial charge in [0.15, 0.2) is 5.13 Å². The Balaban J connectivity index is 0.000000696. The van der Waals surface area contributed by atoms with Gasteiger partial charge in [0.25, 0.3) is 18.3 Å². The molecule has 1 aliphatic carbocycles. The molecule has 0 saturated heterocycles. The molecule has 1 fully saturated rings. The van der Waals surface area contributed by atoms with Gasteiger partial charge in [-0.2, -0.15) is 13.8 Å². The zero-order valence-electron chi connectivity index (χ0n) is 18.8. The molecule has 0 radical (unpaired) electrons. The Morgan fingerprint density at radius 1 is 1.30 bits per heavy atom. The van der Waals surface area contributed by atoms with E-state index in [1.807, 2.05) is 0 Å². The van der Waals surface area contributed by atoms with Crippen molar-refractivity contribution in [2.24, 2.45) is 0 Å². The van der Waals surface area contributed by atoms with Gasteiger partial charge in [0, 0.05) is 30.2 Å². The number of hydrogen-bond acceptors (Lipinski definition) is 8. The molecule has 12 heteroatoms. The highest BCUT2D eigenvalue weighted by Gasteiger charge is 2.30. The van der Waals surface area contributed by atoms with Crippen LogP contribution in [0.1, 0.15) is 48.5 Å². The lowest BCUT2D eigenvalue weighted by molar-refractivity contribution is -0.128. The van der Waals surface area contributed by atoms with Crippen molar-refractivity contribution in [2.45, 2.75) is 52.2 Å². The molecule has 180 valence electrons. The van der Waals surface area contributed by atoms with E-state index in [-0.39, 0.29) is 28.5 Å². The fourth-order valence-electron chi connectivity index (χ4n) is 2.76. The predicted octanol–water partition coefficient (Wildman–Crippen LogP) is 3.29. The number of aryl methyl sites for hydroxylation is 1. The second-order valence-corrected chi connectivity index (χ2v) is 8.26. The van der Waals surface area contributed by atoms with Crippen LogP contribution in [0.15, 0.2) is 12.1 Å². The van der Waals surface area contributed by atoms with Gasteiger partial charge < -0.3 is 14.8 Å². The molecule has 1 saturated carbocycles. The molecule has 0 aliphatic heterocycles. The molecule has 9 nitrogen and oxygen atoms in total. The summed E-state index contributed by atoms with van der Waals surface area (Å²) in [6, 6.07) is 1.98. The van der Waals surface area contributed by atoms with E-state index in [0.29, 0.717) is 18.0 Å². The average molecular weight is 485 g/mol. The Hall–Kier alpha value is -2.99. The number of amides is 2. The Bertz CT molecular complexity index is 963. The van der Waals surface area contributed by atoms with Crippen LogP contribution >= 0.6 is 11.3 Å². The monoisotopic (exact) mass is 484 g/mol. The fraction of sp³-hybridized carbons (Fsp3) is 0.476. The topological polar surface area (TPSA) is 111 Å². The molecule has 1 atom stereocenters. The van der Waals surface area contributed by atoms with Crippen LogP contribution in [0, 0.1) is 18.8 Å². The molecule has 33 heavy (non-hydrogen) atoms. The van der Waals surface area contributed by atoms with Gasteiger partial charge in [0.2, 0.25) is 11.9 Å². The third-order valence-corrected chi connectivity index (χ3v) is 5.75. The molecule has 1 N–H and O–H groups in total. The van der Waals surface area contributed by atoms with Crippen molar-refractivity contribution >= 4 is 40.4 Å². The molecule has 2 amide bonds. The van der Waals surface area contributed by atoms with Crippen LogP contribution in [0.5, 0.6) is 0 Å². The molecular formula is C21H26F2N4O5S. The lowest BCUT2D eigenvalue weighted by atomic mass is 9.93. The molecule has 0 aromatic carbocycles.